The molecule has 0 N–H and O–H groups in total. The molecule has 1 aromatic carbocycles. The third-order valence-corrected chi connectivity index (χ3v) is 3.21. The van der Waals surface area contributed by atoms with Crippen LogP contribution in [0.15, 0.2) is 47.3 Å². The van der Waals surface area contributed by atoms with Crippen molar-refractivity contribution in [2.24, 2.45) is 0 Å². The van der Waals surface area contributed by atoms with Gasteiger partial charge in [-0.05, 0) is 25.1 Å². The molecule has 2 aromatic heterocycles. The molecule has 2 heterocycles. The zero-order valence-corrected chi connectivity index (χ0v) is 10.7. The van der Waals surface area contributed by atoms with Gasteiger partial charge < -0.3 is 8.98 Å². The molecule has 0 unspecified atom stereocenters. The van der Waals surface area contributed by atoms with Gasteiger partial charge >= 0.3 is 0 Å². The van der Waals surface area contributed by atoms with Gasteiger partial charge in [0.05, 0.1) is 29.3 Å². The zero-order valence-electron chi connectivity index (χ0n) is 10.7. The Kier molecular flexibility index (Phi) is 2.91. The Morgan fingerprint density at radius 3 is 2.89 bits per heavy atom. The van der Waals surface area contributed by atoms with Crippen LogP contribution < -0.4 is 0 Å². The second-order valence-electron chi connectivity index (χ2n) is 4.37. The monoisotopic (exact) mass is 254 g/mol. The van der Waals surface area contributed by atoms with Crippen molar-refractivity contribution in [1.29, 1.82) is 0 Å². The molecule has 0 spiro atoms. The number of aromatic nitrogens is 2. The number of rotatable bonds is 4. The number of aryl methyl sites for hydroxylation is 1. The van der Waals surface area contributed by atoms with Crippen LogP contribution in [0.4, 0.5) is 0 Å². The van der Waals surface area contributed by atoms with Crippen LogP contribution in [-0.4, -0.2) is 15.3 Å². The topological polar surface area (TPSA) is 48.0 Å². The van der Waals surface area contributed by atoms with Crippen molar-refractivity contribution in [2.45, 2.75) is 19.9 Å². The highest BCUT2D eigenvalue weighted by Gasteiger charge is 2.14. The molecule has 96 valence electrons. The summed E-state index contributed by atoms with van der Waals surface area (Å²) in [4.78, 5) is 16.7. The number of benzene rings is 1. The van der Waals surface area contributed by atoms with Gasteiger partial charge in [-0.2, -0.15) is 0 Å². The van der Waals surface area contributed by atoms with E-state index in [4.69, 9.17) is 4.42 Å². The highest BCUT2D eigenvalue weighted by molar-refractivity contribution is 5.97. The molecule has 0 saturated heterocycles. The fourth-order valence-electron chi connectivity index (χ4n) is 2.28. The molecular weight excluding hydrogens is 240 g/mol. The smallest absolute Gasteiger partial charge is 0.173 e. The maximum atomic E-state index is 12.1. The van der Waals surface area contributed by atoms with Crippen molar-refractivity contribution >= 4 is 16.8 Å². The van der Waals surface area contributed by atoms with Gasteiger partial charge in [0, 0.05) is 6.54 Å². The Morgan fingerprint density at radius 1 is 1.32 bits per heavy atom. The number of carbonyl (C=O) groups excluding carboxylic acids is 1. The van der Waals surface area contributed by atoms with E-state index in [9.17, 15) is 4.79 Å². The van der Waals surface area contributed by atoms with E-state index in [0.29, 0.717) is 12.0 Å². The maximum Gasteiger partial charge on any atom is 0.173 e. The first-order valence-corrected chi connectivity index (χ1v) is 6.29. The predicted octanol–water partition coefficient (Wildman–Crippen LogP) is 3.07. The number of fused-ring (bicyclic) bond motifs is 1. The molecule has 4 nitrogen and oxygen atoms in total. The highest BCUT2D eigenvalue weighted by atomic mass is 16.3. The van der Waals surface area contributed by atoms with Gasteiger partial charge in [0.25, 0.3) is 0 Å². The van der Waals surface area contributed by atoms with Gasteiger partial charge in [-0.25, -0.2) is 4.98 Å². The van der Waals surface area contributed by atoms with E-state index in [1.54, 1.807) is 6.07 Å². The Hall–Kier alpha value is -2.36. The molecule has 0 amide bonds. The summed E-state index contributed by atoms with van der Waals surface area (Å²) in [6, 6.07) is 9.61. The van der Waals surface area contributed by atoms with Crippen molar-refractivity contribution in [1.82, 2.24) is 9.55 Å². The Balaban J connectivity index is 1.99. The normalized spacial score (nSPS) is 11.0. The third kappa shape index (κ3) is 2.05. The highest BCUT2D eigenvalue weighted by Crippen LogP contribution is 2.17. The van der Waals surface area contributed by atoms with Crippen LogP contribution in [0.2, 0.25) is 0 Å². The number of carbonyl (C=O) groups is 1. The number of imidazole rings is 1. The van der Waals surface area contributed by atoms with Crippen molar-refractivity contribution in [3.63, 3.8) is 0 Å². The van der Waals surface area contributed by atoms with Gasteiger partial charge in [-0.15, -0.1) is 0 Å². The van der Waals surface area contributed by atoms with E-state index in [2.05, 4.69) is 16.5 Å². The lowest BCUT2D eigenvalue weighted by molar-refractivity contribution is 0.0989. The molecular formula is C15H14N2O2. The summed E-state index contributed by atoms with van der Waals surface area (Å²) in [6.45, 7) is 2.86. The van der Waals surface area contributed by atoms with Crippen molar-refractivity contribution in [3.8, 4) is 0 Å². The van der Waals surface area contributed by atoms with Crippen LogP contribution >= 0.6 is 0 Å². The molecule has 19 heavy (non-hydrogen) atoms. The molecule has 0 aliphatic rings. The minimum absolute atomic E-state index is 0.0266. The van der Waals surface area contributed by atoms with E-state index in [-0.39, 0.29) is 5.78 Å². The largest absolute Gasteiger partial charge is 0.472 e. The van der Waals surface area contributed by atoms with Gasteiger partial charge in [-0.1, -0.05) is 12.1 Å². The minimum Gasteiger partial charge on any atom is -0.472 e. The Labute approximate surface area is 110 Å². The molecule has 0 aliphatic carbocycles. The fraction of sp³-hybridized carbons (Fsp3) is 0.200. The minimum atomic E-state index is 0.0266. The molecule has 0 saturated carbocycles. The number of furan rings is 1. The number of hydrogen-bond acceptors (Lipinski definition) is 3. The second-order valence-corrected chi connectivity index (χ2v) is 4.37. The van der Waals surface area contributed by atoms with Gasteiger partial charge in [-0.3, -0.25) is 4.79 Å². The van der Waals surface area contributed by atoms with Gasteiger partial charge in [0.15, 0.2) is 5.78 Å². The third-order valence-electron chi connectivity index (χ3n) is 3.21. The van der Waals surface area contributed by atoms with E-state index >= 15 is 0 Å². The van der Waals surface area contributed by atoms with E-state index < -0.39 is 0 Å². The van der Waals surface area contributed by atoms with Crippen molar-refractivity contribution in [2.75, 3.05) is 0 Å². The summed E-state index contributed by atoms with van der Waals surface area (Å²) in [5, 5.41) is 0. The molecule has 4 heteroatoms. The lowest BCUT2D eigenvalue weighted by Gasteiger charge is -2.04. The summed E-state index contributed by atoms with van der Waals surface area (Å²) >= 11 is 0. The molecule has 0 aliphatic heterocycles. The average Bonchev–Trinajstić information content (AvgIpc) is 3.05. The van der Waals surface area contributed by atoms with E-state index in [1.165, 1.54) is 12.5 Å². The number of para-hydroxylation sites is 2. The molecule has 3 rings (SSSR count). The first-order chi connectivity index (χ1) is 9.29. The Bertz CT molecular complexity index is 711. The average molecular weight is 254 g/mol. The first kappa shape index (κ1) is 11.7. The van der Waals surface area contributed by atoms with Crippen LogP contribution in [0.5, 0.6) is 0 Å². The second kappa shape index (κ2) is 4.72. The lowest BCUT2D eigenvalue weighted by Crippen LogP contribution is -2.09. The predicted molar refractivity (Wildman–Crippen MR) is 72.1 cm³/mol. The number of Topliss-reactive ketones (excluding diaryl/α,β-unsaturated/α-hetero) is 1. The van der Waals surface area contributed by atoms with Crippen LogP contribution in [0.25, 0.3) is 11.0 Å². The number of ketones is 1. The SMILES string of the molecule is CCn1c(CC(=O)c2ccoc2)nc2ccccc21. The van der Waals surface area contributed by atoms with Crippen LogP contribution in [-0.2, 0) is 13.0 Å². The van der Waals surface area contributed by atoms with Crippen molar-refractivity contribution < 1.29 is 9.21 Å². The number of hydrogen-bond donors (Lipinski definition) is 0. The van der Waals surface area contributed by atoms with Crippen LogP contribution in [0.1, 0.15) is 23.1 Å². The summed E-state index contributed by atoms with van der Waals surface area (Å²) in [6.07, 6.45) is 3.28. The van der Waals surface area contributed by atoms with Gasteiger partial charge in [0.2, 0.25) is 0 Å². The quantitative estimate of drug-likeness (QED) is 0.672. The maximum absolute atomic E-state index is 12.1. The van der Waals surface area contributed by atoms with Gasteiger partial charge in [0.1, 0.15) is 12.1 Å². The Morgan fingerprint density at radius 2 is 2.16 bits per heavy atom. The molecule has 0 fully saturated rings. The summed E-state index contributed by atoms with van der Waals surface area (Å²) in [5.41, 5.74) is 2.59. The summed E-state index contributed by atoms with van der Waals surface area (Å²) in [5.74, 6) is 0.827. The van der Waals surface area contributed by atoms with Crippen LogP contribution in [0.3, 0.4) is 0 Å². The first-order valence-electron chi connectivity index (χ1n) is 6.29. The molecule has 0 radical (unpaired) electrons. The number of nitrogens with zero attached hydrogens (tertiary/aromatic N) is 2. The molecule has 0 bridgehead atoms. The van der Waals surface area contributed by atoms with E-state index in [0.717, 1.165) is 23.4 Å². The van der Waals surface area contributed by atoms with Crippen LogP contribution in [0, 0.1) is 0 Å². The molecule has 3 aromatic rings. The fourth-order valence-corrected chi connectivity index (χ4v) is 2.28. The van der Waals surface area contributed by atoms with E-state index in [1.807, 2.05) is 24.3 Å². The zero-order chi connectivity index (χ0) is 13.2. The summed E-state index contributed by atoms with van der Waals surface area (Å²) in [7, 11) is 0. The standard InChI is InChI=1S/C15H14N2O2/c1-2-17-13-6-4-3-5-12(13)16-15(17)9-14(18)11-7-8-19-10-11/h3-8,10H,2,9H2,1H3. The molecule has 0 atom stereocenters. The lowest BCUT2D eigenvalue weighted by atomic mass is 10.1. The van der Waals surface area contributed by atoms with Crippen molar-refractivity contribution in [3.05, 3.63) is 54.2 Å². The summed E-state index contributed by atoms with van der Waals surface area (Å²) < 4.78 is 7.02.